The van der Waals surface area contributed by atoms with Crippen molar-refractivity contribution in [3.8, 4) is 0 Å². The minimum atomic E-state index is 0.668. The van der Waals surface area contributed by atoms with Gasteiger partial charge in [-0.05, 0) is 26.0 Å². The number of aromatic nitrogens is 3. The third-order valence-electron chi connectivity index (χ3n) is 1.97. The molecule has 0 atom stereocenters. The zero-order valence-electron chi connectivity index (χ0n) is 9.14. The SMILES string of the molecule is Cc1cc(Sc2ccncc2N)nc(C)n1. The van der Waals surface area contributed by atoms with E-state index >= 15 is 0 Å². The van der Waals surface area contributed by atoms with Crippen LogP contribution in [0.15, 0.2) is 34.4 Å². The van der Waals surface area contributed by atoms with Crippen molar-refractivity contribution in [3.05, 3.63) is 36.0 Å². The highest BCUT2D eigenvalue weighted by molar-refractivity contribution is 7.99. The van der Waals surface area contributed by atoms with Crippen molar-refractivity contribution in [2.24, 2.45) is 0 Å². The lowest BCUT2D eigenvalue weighted by molar-refractivity contribution is 0.936. The van der Waals surface area contributed by atoms with Gasteiger partial charge in [-0.25, -0.2) is 9.97 Å². The van der Waals surface area contributed by atoms with Gasteiger partial charge in [0.15, 0.2) is 0 Å². The summed E-state index contributed by atoms with van der Waals surface area (Å²) in [7, 11) is 0. The molecule has 2 aromatic heterocycles. The van der Waals surface area contributed by atoms with Crippen molar-refractivity contribution in [3.63, 3.8) is 0 Å². The summed E-state index contributed by atoms with van der Waals surface area (Å²) in [6.45, 7) is 3.83. The maximum atomic E-state index is 5.82. The highest BCUT2D eigenvalue weighted by Crippen LogP contribution is 2.29. The van der Waals surface area contributed by atoms with E-state index in [1.54, 1.807) is 12.4 Å². The van der Waals surface area contributed by atoms with Crippen LogP contribution in [0.3, 0.4) is 0 Å². The second-order valence-corrected chi connectivity index (χ2v) is 4.47. The van der Waals surface area contributed by atoms with E-state index in [9.17, 15) is 0 Å². The van der Waals surface area contributed by atoms with Crippen LogP contribution in [0.4, 0.5) is 5.69 Å². The Bertz CT molecular complexity index is 493. The van der Waals surface area contributed by atoms with Crippen molar-refractivity contribution in [1.82, 2.24) is 15.0 Å². The molecule has 0 aromatic carbocycles. The molecule has 0 aliphatic rings. The first kappa shape index (κ1) is 10.9. The summed E-state index contributed by atoms with van der Waals surface area (Å²) in [5.41, 5.74) is 7.45. The number of nitrogens with two attached hydrogens (primary N) is 1. The van der Waals surface area contributed by atoms with Crippen molar-refractivity contribution >= 4 is 17.4 Å². The molecule has 0 saturated carbocycles. The maximum absolute atomic E-state index is 5.82. The zero-order chi connectivity index (χ0) is 11.5. The van der Waals surface area contributed by atoms with Gasteiger partial charge in [0.25, 0.3) is 0 Å². The lowest BCUT2D eigenvalue weighted by atomic mass is 10.4. The predicted octanol–water partition coefficient (Wildman–Crippen LogP) is 2.22. The molecule has 2 N–H and O–H groups in total. The van der Waals surface area contributed by atoms with Gasteiger partial charge < -0.3 is 5.73 Å². The number of anilines is 1. The van der Waals surface area contributed by atoms with E-state index < -0.39 is 0 Å². The standard InChI is InChI=1S/C11H12N4S/c1-7-5-11(15-8(2)14-7)16-10-3-4-13-6-9(10)12/h3-6H,12H2,1-2H3. The highest BCUT2D eigenvalue weighted by Gasteiger charge is 2.04. The first-order chi connectivity index (χ1) is 7.65. The number of nitrogen functional groups attached to an aromatic ring is 1. The van der Waals surface area contributed by atoms with Gasteiger partial charge in [0.05, 0.1) is 11.9 Å². The van der Waals surface area contributed by atoms with Crippen molar-refractivity contribution in [1.29, 1.82) is 0 Å². The van der Waals surface area contributed by atoms with Gasteiger partial charge in [0.2, 0.25) is 0 Å². The van der Waals surface area contributed by atoms with E-state index in [2.05, 4.69) is 15.0 Å². The largest absolute Gasteiger partial charge is 0.397 e. The van der Waals surface area contributed by atoms with E-state index in [0.717, 1.165) is 21.4 Å². The van der Waals surface area contributed by atoms with Crippen LogP contribution in [-0.2, 0) is 0 Å². The molecule has 0 unspecified atom stereocenters. The molecule has 0 amide bonds. The van der Waals surface area contributed by atoms with Crippen molar-refractivity contribution in [2.75, 3.05) is 5.73 Å². The number of hydrogen-bond acceptors (Lipinski definition) is 5. The lowest BCUT2D eigenvalue weighted by Gasteiger charge is -2.05. The predicted molar refractivity (Wildman–Crippen MR) is 64.3 cm³/mol. The molecule has 2 aromatic rings. The minimum Gasteiger partial charge on any atom is -0.397 e. The fourth-order valence-corrected chi connectivity index (χ4v) is 2.27. The van der Waals surface area contributed by atoms with Crippen LogP contribution in [0, 0.1) is 13.8 Å². The van der Waals surface area contributed by atoms with E-state index in [-0.39, 0.29) is 0 Å². The van der Waals surface area contributed by atoms with E-state index in [1.165, 1.54) is 11.8 Å². The Kier molecular flexibility index (Phi) is 3.05. The molecule has 0 saturated heterocycles. The van der Waals surface area contributed by atoms with Gasteiger partial charge >= 0.3 is 0 Å². The number of nitrogens with zero attached hydrogens (tertiary/aromatic N) is 3. The first-order valence-corrected chi connectivity index (χ1v) is 5.66. The van der Waals surface area contributed by atoms with Crippen LogP contribution in [0.1, 0.15) is 11.5 Å². The monoisotopic (exact) mass is 232 g/mol. The van der Waals surface area contributed by atoms with Crippen LogP contribution in [0.25, 0.3) is 0 Å². The molecule has 0 spiro atoms. The average molecular weight is 232 g/mol. The number of pyridine rings is 1. The van der Waals surface area contributed by atoms with Gasteiger partial charge in [-0.3, -0.25) is 4.98 Å². The van der Waals surface area contributed by atoms with Gasteiger partial charge in [0.1, 0.15) is 10.9 Å². The lowest BCUT2D eigenvalue weighted by Crippen LogP contribution is -1.94. The van der Waals surface area contributed by atoms with Crippen LogP contribution in [0.2, 0.25) is 0 Å². The smallest absolute Gasteiger partial charge is 0.126 e. The molecule has 82 valence electrons. The topological polar surface area (TPSA) is 64.7 Å². The Labute approximate surface area is 98.3 Å². The molecule has 0 bridgehead atoms. The van der Waals surface area contributed by atoms with Gasteiger partial charge in [0, 0.05) is 16.8 Å². The van der Waals surface area contributed by atoms with E-state index in [4.69, 9.17) is 5.73 Å². The Balaban J connectivity index is 2.30. The Morgan fingerprint density at radius 1 is 1.25 bits per heavy atom. The number of hydrogen-bond donors (Lipinski definition) is 1. The summed E-state index contributed by atoms with van der Waals surface area (Å²) in [5, 5.41) is 0.905. The summed E-state index contributed by atoms with van der Waals surface area (Å²) in [4.78, 5) is 13.5. The Morgan fingerprint density at radius 3 is 2.75 bits per heavy atom. The molecular weight excluding hydrogens is 220 g/mol. The fraction of sp³-hybridized carbons (Fsp3) is 0.182. The highest BCUT2D eigenvalue weighted by atomic mass is 32.2. The van der Waals surface area contributed by atoms with E-state index in [0.29, 0.717) is 5.69 Å². The normalized spacial score (nSPS) is 10.4. The molecule has 2 heterocycles. The number of rotatable bonds is 2. The second kappa shape index (κ2) is 4.49. The zero-order valence-corrected chi connectivity index (χ0v) is 9.95. The van der Waals surface area contributed by atoms with Gasteiger partial charge in [-0.15, -0.1) is 0 Å². The Morgan fingerprint density at radius 2 is 2.06 bits per heavy atom. The third kappa shape index (κ3) is 2.49. The molecule has 4 nitrogen and oxygen atoms in total. The molecule has 5 heteroatoms. The van der Waals surface area contributed by atoms with Crippen molar-refractivity contribution in [2.45, 2.75) is 23.8 Å². The van der Waals surface area contributed by atoms with E-state index in [1.807, 2.05) is 26.0 Å². The first-order valence-electron chi connectivity index (χ1n) is 4.85. The summed E-state index contributed by atoms with van der Waals surface area (Å²) >= 11 is 1.53. The Hall–Kier alpha value is -1.62. The van der Waals surface area contributed by atoms with Crippen LogP contribution >= 0.6 is 11.8 Å². The quantitative estimate of drug-likeness (QED) is 0.804. The molecular formula is C11H12N4S. The summed E-state index contributed by atoms with van der Waals surface area (Å²) in [5.74, 6) is 0.773. The summed E-state index contributed by atoms with van der Waals surface area (Å²) < 4.78 is 0. The van der Waals surface area contributed by atoms with Crippen LogP contribution in [-0.4, -0.2) is 15.0 Å². The second-order valence-electron chi connectivity index (χ2n) is 3.41. The van der Waals surface area contributed by atoms with Crippen LogP contribution in [0.5, 0.6) is 0 Å². The average Bonchev–Trinajstić information content (AvgIpc) is 2.20. The third-order valence-corrected chi connectivity index (χ3v) is 2.98. The van der Waals surface area contributed by atoms with Crippen LogP contribution < -0.4 is 5.73 Å². The molecule has 0 fully saturated rings. The minimum absolute atomic E-state index is 0.668. The maximum Gasteiger partial charge on any atom is 0.126 e. The van der Waals surface area contributed by atoms with Gasteiger partial charge in [-0.2, -0.15) is 0 Å². The molecule has 16 heavy (non-hydrogen) atoms. The molecule has 0 radical (unpaired) electrons. The molecule has 0 aliphatic carbocycles. The number of aryl methyl sites for hydroxylation is 2. The summed E-state index contributed by atoms with van der Waals surface area (Å²) in [6, 6.07) is 3.82. The molecule has 2 rings (SSSR count). The van der Waals surface area contributed by atoms with Gasteiger partial charge in [-0.1, -0.05) is 11.8 Å². The molecule has 0 aliphatic heterocycles. The van der Waals surface area contributed by atoms with Crippen molar-refractivity contribution < 1.29 is 0 Å². The summed E-state index contributed by atoms with van der Waals surface area (Å²) in [6.07, 6.45) is 3.36. The fourth-order valence-electron chi connectivity index (χ4n) is 1.33.